The second-order valence-corrected chi connectivity index (χ2v) is 7.59. The molecule has 0 saturated carbocycles. The fraction of sp³-hybridized carbons (Fsp3) is 0.550. The highest BCUT2D eigenvalue weighted by Crippen LogP contribution is 2.16. The van der Waals surface area contributed by atoms with E-state index in [-0.39, 0.29) is 24.0 Å². The number of nitrogens with one attached hydrogen (secondary N) is 2. The van der Waals surface area contributed by atoms with E-state index in [1.807, 2.05) is 18.2 Å². The predicted octanol–water partition coefficient (Wildman–Crippen LogP) is 3.96. The van der Waals surface area contributed by atoms with Crippen molar-refractivity contribution >= 4 is 41.7 Å². The number of thioether (sulfide) groups is 1. The van der Waals surface area contributed by atoms with Gasteiger partial charge in [0.2, 0.25) is 0 Å². The third-order valence-electron chi connectivity index (χ3n) is 4.00. The monoisotopic (exact) mass is 516 g/mol. The Bertz CT molecular complexity index is 702. The summed E-state index contributed by atoms with van der Waals surface area (Å²) in [5.74, 6) is 2.50. The largest absolute Gasteiger partial charge is 0.357 e. The summed E-state index contributed by atoms with van der Waals surface area (Å²) in [6.07, 6.45) is 3.95. The lowest BCUT2D eigenvalue weighted by Gasteiger charge is -2.13. The first kappa shape index (κ1) is 24.7. The van der Waals surface area contributed by atoms with E-state index < -0.39 is 0 Å². The highest BCUT2D eigenvalue weighted by Gasteiger charge is 2.12. The van der Waals surface area contributed by atoms with Crippen molar-refractivity contribution in [3.8, 4) is 0 Å². The Morgan fingerprint density at radius 2 is 1.93 bits per heavy atom. The summed E-state index contributed by atoms with van der Waals surface area (Å²) in [5, 5.41) is 16.4. The molecule has 2 N–H and O–H groups in total. The third-order valence-corrected chi connectivity index (χ3v) is 4.67. The van der Waals surface area contributed by atoms with E-state index in [1.54, 1.807) is 11.8 Å². The molecule has 2 aromatic rings. The van der Waals surface area contributed by atoms with Crippen LogP contribution in [0.4, 0.5) is 0 Å². The second-order valence-electron chi connectivity index (χ2n) is 6.82. The molecule has 0 unspecified atom stereocenters. The molecule has 0 atom stereocenters. The number of halogens is 1. The van der Waals surface area contributed by atoms with Gasteiger partial charge in [0.15, 0.2) is 11.1 Å². The number of benzene rings is 1. The zero-order valence-electron chi connectivity index (χ0n) is 17.3. The number of aliphatic imine (C=N–C) groups is 1. The van der Waals surface area contributed by atoms with Crippen LogP contribution in [-0.4, -0.2) is 40.1 Å². The SMILES string of the molecule is CCNC(=NCc1ccccc1)NCCCc1nnc(SC)n1CC(C)C.I. The lowest BCUT2D eigenvalue weighted by atomic mass is 10.2. The van der Waals surface area contributed by atoms with Gasteiger partial charge in [-0.1, -0.05) is 55.9 Å². The molecule has 6 nitrogen and oxygen atoms in total. The Kier molecular flexibility index (Phi) is 12.2. The summed E-state index contributed by atoms with van der Waals surface area (Å²) in [5.41, 5.74) is 1.21. The summed E-state index contributed by atoms with van der Waals surface area (Å²) in [6.45, 7) is 9.87. The summed E-state index contributed by atoms with van der Waals surface area (Å²) >= 11 is 1.66. The van der Waals surface area contributed by atoms with E-state index in [4.69, 9.17) is 0 Å². The fourth-order valence-corrected chi connectivity index (χ4v) is 3.28. The van der Waals surface area contributed by atoms with E-state index in [0.29, 0.717) is 12.5 Å². The molecular formula is C20H33IN6S. The van der Waals surface area contributed by atoms with E-state index in [0.717, 1.165) is 49.4 Å². The minimum atomic E-state index is 0. The third kappa shape index (κ3) is 8.38. The van der Waals surface area contributed by atoms with E-state index in [2.05, 4.69) is 69.6 Å². The second kappa shape index (κ2) is 13.8. The van der Waals surface area contributed by atoms with Gasteiger partial charge in [-0.3, -0.25) is 0 Å². The molecule has 0 spiro atoms. The Morgan fingerprint density at radius 3 is 2.57 bits per heavy atom. The molecule has 2 rings (SSSR count). The van der Waals surface area contributed by atoms with Crippen molar-refractivity contribution in [3.05, 3.63) is 41.7 Å². The molecule has 0 aliphatic heterocycles. The molecule has 1 aromatic heterocycles. The molecule has 0 aliphatic rings. The average molecular weight is 516 g/mol. The molecule has 8 heteroatoms. The van der Waals surface area contributed by atoms with Gasteiger partial charge in [0.25, 0.3) is 0 Å². The van der Waals surface area contributed by atoms with Crippen molar-refractivity contribution in [2.75, 3.05) is 19.3 Å². The maximum absolute atomic E-state index is 4.66. The number of rotatable bonds is 10. The fourth-order valence-electron chi connectivity index (χ4n) is 2.75. The zero-order chi connectivity index (χ0) is 19.5. The summed E-state index contributed by atoms with van der Waals surface area (Å²) in [4.78, 5) is 4.66. The van der Waals surface area contributed by atoms with Gasteiger partial charge in [0.05, 0.1) is 6.54 Å². The van der Waals surface area contributed by atoms with Crippen LogP contribution in [0.2, 0.25) is 0 Å². The van der Waals surface area contributed by atoms with Crippen LogP contribution >= 0.6 is 35.7 Å². The molecular weight excluding hydrogens is 483 g/mol. The van der Waals surface area contributed by atoms with Crippen molar-refractivity contribution < 1.29 is 0 Å². The molecule has 0 saturated heterocycles. The number of hydrogen-bond acceptors (Lipinski definition) is 4. The van der Waals surface area contributed by atoms with Crippen molar-refractivity contribution in [2.24, 2.45) is 10.9 Å². The minimum Gasteiger partial charge on any atom is -0.357 e. The number of aromatic nitrogens is 3. The van der Waals surface area contributed by atoms with Crippen molar-refractivity contribution in [1.82, 2.24) is 25.4 Å². The molecule has 156 valence electrons. The summed E-state index contributed by atoms with van der Waals surface area (Å²) in [6, 6.07) is 10.3. The first-order valence-electron chi connectivity index (χ1n) is 9.66. The van der Waals surface area contributed by atoms with Gasteiger partial charge in [-0.25, -0.2) is 4.99 Å². The van der Waals surface area contributed by atoms with Gasteiger partial charge in [-0.15, -0.1) is 34.2 Å². The van der Waals surface area contributed by atoms with Crippen LogP contribution in [0.25, 0.3) is 0 Å². The molecule has 0 fully saturated rings. The highest BCUT2D eigenvalue weighted by molar-refractivity contribution is 14.0. The van der Waals surface area contributed by atoms with Gasteiger partial charge >= 0.3 is 0 Å². The van der Waals surface area contributed by atoms with Crippen LogP contribution in [0.15, 0.2) is 40.5 Å². The van der Waals surface area contributed by atoms with Crippen LogP contribution < -0.4 is 10.6 Å². The maximum atomic E-state index is 4.66. The zero-order valence-corrected chi connectivity index (χ0v) is 20.5. The molecule has 0 bridgehead atoms. The first-order valence-corrected chi connectivity index (χ1v) is 10.9. The van der Waals surface area contributed by atoms with E-state index in [9.17, 15) is 0 Å². The quantitative estimate of drug-likeness (QED) is 0.165. The van der Waals surface area contributed by atoms with Gasteiger partial charge < -0.3 is 15.2 Å². The van der Waals surface area contributed by atoms with E-state index in [1.165, 1.54) is 5.56 Å². The molecule has 1 aromatic carbocycles. The molecule has 0 radical (unpaired) electrons. The highest BCUT2D eigenvalue weighted by atomic mass is 127. The van der Waals surface area contributed by atoms with Crippen LogP contribution in [-0.2, 0) is 19.5 Å². The van der Waals surface area contributed by atoms with Crippen LogP contribution in [0.5, 0.6) is 0 Å². The van der Waals surface area contributed by atoms with Gasteiger partial charge in [-0.05, 0) is 31.1 Å². The standard InChI is InChI=1S/C20H32N6S.HI/c1-5-21-19(23-14-17-10-7-6-8-11-17)22-13-9-12-18-24-25-20(27-4)26(18)15-16(2)3;/h6-8,10-11,16H,5,9,12-15H2,1-4H3,(H2,21,22,23);1H. The Morgan fingerprint density at radius 1 is 1.18 bits per heavy atom. The number of hydrogen-bond donors (Lipinski definition) is 2. The van der Waals surface area contributed by atoms with Crippen molar-refractivity contribution in [3.63, 3.8) is 0 Å². The molecule has 0 aliphatic carbocycles. The number of aryl methyl sites for hydroxylation is 1. The molecule has 28 heavy (non-hydrogen) atoms. The van der Waals surface area contributed by atoms with Gasteiger partial charge in [-0.2, -0.15) is 0 Å². The van der Waals surface area contributed by atoms with Crippen LogP contribution in [0.3, 0.4) is 0 Å². The molecule has 0 amide bonds. The Balaban J connectivity index is 0.00000392. The Hall–Kier alpha value is -1.29. The Labute approximate surface area is 190 Å². The number of nitrogens with zero attached hydrogens (tertiary/aromatic N) is 4. The van der Waals surface area contributed by atoms with Crippen LogP contribution in [0, 0.1) is 5.92 Å². The summed E-state index contributed by atoms with van der Waals surface area (Å²) < 4.78 is 2.25. The normalized spacial score (nSPS) is 11.4. The lowest BCUT2D eigenvalue weighted by Crippen LogP contribution is -2.37. The van der Waals surface area contributed by atoms with Crippen molar-refractivity contribution in [1.29, 1.82) is 0 Å². The first-order chi connectivity index (χ1) is 13.1. The van der Waals surface area contributed by atoms with Crippen LogP contribution in [0.1, 0.15) is 38.6 Å². The lowest BCUT2D eigenvalue weighted by molar-refractivity contribution is 0.477. The summed E-state index contributed by atoms with van der Waals surface area (Å²) in [7, 11) is 0. The smallest absolute Gasteiger partial charge is 0.191 e. The predicted molar refractivity (Wildman–Crippen MR) is 130 cm³/mol. The number of guanidine groups is 1. The maximum Gasteiger partial charge on any atom is 0.191 e. The minimum absolute atomic E-state index is 0. The molecule has 1 heterocycles. The topological polar surface area (TPSA) is 67.1 Å². The van der Waals surface area contributed by atoms with E-state index >= 15 is 0 Å². The average Bonchev–Trinajstić information content (AvgIpc) is 3.05. The van der Waals surface area contributed by atoms with Gasteiger partial charge in [0, 0.05) is 26.1 Å². The van der Waals surface area contributed by atoms with Crippen molar-refractivity contribution in [2.45, 2.75) is 51.9 Å². The van der Waals surface area contributed by atoms with Gasteiger partial charge in [0.1, 0.15) is 5.82 Å².